The van der Waals surface area contributed by atoms with Gasteiger partial charge in [-0.1, -0.05) is 13.0 Å². The Labute approximate surface area is 184 Å². The van der Waals surface area contributed by atoms with E-state index in [9.17, 15) is 9.59 Å². The first-order chi connectivity index (χ1) is 15.4. The Balaban J connectivity index is 1.77. The highest BCUT2D eigenvalue weighted by molar-refractivity contribution is 6.00. The molecule has 4 rings (SSSR count). The van der Waals surface area contributed by atoms with Crippen molar-refractivity contribution in [3.05, 3.63) is 36.3 Å². The van der Waals surface area contributed by atoms with Gasteiger partial charge in [-0.25, -0.2) is 4.98 Å². The number of hydrogen-bond acceptors (Lipinski definition) is 8. The quantitative estimate of drug-likeness (QED) is 0.598. The molecule has 0 saturated carbocycles. The number of anilines is 3. The molecule has 3 heterocycles. The van der Waals surface area contributed by atoms with Gasteiger partial charge >= 0.3 is 0 Å². The molecule has 1 atom stereocenters. The molecule has 11 heteroatoms. The first kappa shape index (κ1) is 21.2. The summed E-state index contributed by atoms with van der Waals surface area (Å²) in [5.41, 5.74) is 1.76. The highest BCUT2D eigenvalue weighted by Crippen LogP contribution is 2.37. The number of ether oxygens (including phenoxy) is 1. The maximum Gasteiger partial charge on any atom is 0.273 e. The Bertz CT molecular complexity index is 1180. The first-order valence-electron chi connectivity index (χ1n) is 10.1. The predicted molar refractivity (Wildman–Crippen MR) is 118 cm³/mol. The number of carbonyl (C=O) groups excluding carboxylic acids is 2. The number of carbonyl (C=O) groups is 2. The third kappa shape index (κ3) is 3.84. The van der Waals surface area contributed by atoms with E-state index in [2.05, 4.69) is 30.9 Å². The third-order valence-electron chi connectivity index (χ3n) is 5.30. The number of benzene rings is 1. The molecule has 0 aliphatic carbocycles. The van der Waals surface area contributed by atoms with E-state index in [4.69, 9.17) is 4.74 Å². The number of para-hydroxylation sites is 1. The number of nitrogens with zero attached hydrogens (tertiary/aromatic N) is 6. The molecular weight excluding hydrogens is 412 g/mol. The van der Waals surface area contributed by atoms with E-state index in [0.717, 1.165) is 6.42 Å². The Morgan fingerprint density at radius 3 is 2.69 bits per heavy atom. The van der Waals surface area contributed by atoms with Gasteiger partial charge in [0.05, 0.1) is 24.0 Å². The van der Waals surface area contributed by atoms with Crippen LogP contribution >= 0.6 is 0 Å². The Hall–Kier alpha value is -4.02. The molecule has 1 fully saturated rings. The summed E-state index contributed by atoms with van der Waals surface area (Å²) in [5.74, 6) is 0.897. The van der Waals surface area contributed by atoms with Crippen molar-refractivity contribution in [2.75, 3.05) is 30.9 Å². The lowest BCUT2D eigenvalue weighted by atomic mass is 10.1. The van der Waals surface area contributed by atoms with Crippen molar-refractivity contribution in [2.45, 2.75) is 13.3 Å². The van der Waals surface area contributed by atoms with Crippen LogP contribution in [0.15, 0.2) is 30.6 Å². The van der Waals surface area contributed by atoms with Crippen LogP contribution in [0.2, 0.25) is 0 Å². The molecule has 32 heavy (non-hydrogen) atoms. The van der Waals surface area contributed by atoms with E-state index in [1.165, 1.54) is 7.05 Å². The van der Waals surface area contributed by atoms with Gasteiger partial charge in [-0.05, 0) is 18.6 Å². The zero-order chi connectivity index (χ0) is 22.8. The molecular formula is C21H24N8O3. The second kappa shape index (κ2) is 8.61. The van der Waals surface area contributed by atoms with E-state index in [0.29, 0.717) is 40.9 Å². The van der Waals surface area contributed by atoms with Gasteiger partial charge in [-0.15, -0.1) is 10.2 Å². The smallest absolute Gasteiger partial charge is 0.273 e. The number of amides is 2. The second-order valence-corrected chi connectivity index (χ2v) is 7.48. The molecule has 1 unspecified atom stereocenters. The molecule has 2 N–H and O–H groups in total. The van der Waals surface area contributed by atoms with Crippen LogP contribution in [0.25, 0.3) is 11.4 Å². The van der Waals surface area contributed by atoms with Gasteiger partial charge < -0.3 is 15.4 Å². The summed E-state index contributed by atoms with van der Waals surface area (Å²) in [4.78, 5) is 30.8. The molecule has 166 valence electrons. The standard InChI is InChI=1S/C21H24N8O3/c1-12-8-9-29(21(12)31)16-10-15(17(26-25-16)20(30)22-2)24-14-7-5-6-13(18(14)32-4)19-23-11-28(3)27-19/h5-7,10-12H,8-9H2,1-4H3,(H,22,30)(H,24,25). The van der Waals surface area contributed by atoms with Crippen LogP contribution < -0.4 is 20.3 Å². The molecule has 3 aromatic rings. The summed E-state index contributed by atoms with van der Waals surface area (Å²) >= 11 is 0. The maximum atomic E-state index is 12.5. The van der Waals surface area contributed by atoms with Crippen LogP contribution in [0.1, 0.15) is 23.8 Å². The molecule has 11 nitrogen and oxygen atoms in total. The van der Waals surface area contributed by atoms with E-state index in [1.807, 2.05) is 25.1 Å². The van der Waals surface area contributed by atoms with Crippen LogP contribution in [-0.2, 0) is 11.8 Å². The van der Waals surface area contributed by atoms with Gasteiger partial charge in [-0.3, -0.25) is 19.2 Å². The fraction of sp³-hybridized carbons (Fsp3) is 0.333. The molecule has 0 bridgehead atoms. The number of methoxy groups -OCH3 is 1. The maximum absolute atomic E-state index is 12.5. The Kier molecular flexibility index (Phi) is 5.71. The van der Waals surface area contributed by atoms with Crippen LogP contribution in [0, 0.1) is 5.92 Å². The fourth-order valence-corrected chi connectivity index (χ4v) is 3.58. The largest absolute Gasteiger partial charge is 0.494 e. The normalized spacial score (nSPS) is 15.7. The van der Waals surface area contributed by atoms with Gasteiger partial charge in [0.1, 0.15) is 6.33 Å². The average molecular weight is 436 g/mol. The number of aromatic nitrogens is 5. The predicted octanol–water partition coefficient (Wildman–Crippen LogP) is 1.76. The molecule has 1 aromatic carbocycles. The summed E-state index contributed by atoms with van der Waals surface area (Å²) in [6, 6.07) is 7.14. The van der Waals surface area contributed by atoms with E-state index < -0.39 is 5.91 Å². The SMILES string of the molecule is CNC(=O)c1nnc(N2CCC(C)C2=O)cc1Nc1cccc(-c2ncn(C)n2)c1OC. The van der Waals surface area contributed by atoms with E-state index in [1.54, 1.807) is 36.1 Å². The second-order valence-electron chi connectivity index (χ2n) is 7.48. The van der Waals surface area contributed by atoms with Gasteiger partial charge in [0, 0.05) is 32.6 Å². The zero-order valence-corrected chi connectivity index (χ0v) is 18.3. The van der Waals surface area contributed by atoms with Crippen molar-refractivity contribution in [3.63, 3.8) is 0 Å². The lowest BCUT2D eigenvalue weighted by Crippen LogP contribution is -2.28. The van der Waals surface area contributed by atoms with Crippen molar-refractivity contribution in [1.29, 1.82) is 0 Å². The molecule has 2 aromatic heterocycles. The van der Waals surface area contributed by atoms with Crippen LogP contribution in [0.4, 0.5) is 17.2 Å². The lowest BCUT2D eigenvalue weighted by Gasteiger charge is -2.18. The minimum atomic E-state index is -0.408. The Morgan fingerprint density at radius 1 is 1.25 bits per heavy atom. The van der Waals surface area contributed by atoms with Gasteiger partial charge in [-0.2, -0.15) is 5.10 Å². The summed E-state index contributed by atoms with van der Waals surface area (Å²) in [7, 11) is 4.85. The highest BCUT2D eigenvalue weighted by Gasteiger charge is 2.31. The van der Waals surface area contributed by atoms with Crippen molar-refractivity contribution in [2.24, 2.45) is 13.0 Å². The summed E-state index contributed by atoms with van der Waals surface area (Å²) in [5, 5.41) is 18.4. The van der Waals surface area contributed by atoms with Crippen LogP contribution in [-0.4, -0.2) is 57.5 Å². The highest BCUT2D eigenvalue weighted by atomic mass is 16.5. The van der Waals surface area contributed by atoms with Crippen molar-refractivity contribution in [3.8, 4) is 17.1 Å². The van der Waals surface area contributed by atoms with E-state index in [-0.39, 0.29) is 17.5 Å². The summed E-state index contributed by atoms with van der Waals surface area (Å²) in [6.45, 7) is 2.44. The molecule has 2 amide bonds. The number of nitrogens with one attached hydrogen (secondary N) is 2. The first-order valence-corrected chi connectivity index (χ1v) is 10.1. The number of rotatable bonds is 6. The van der Waals surface area contributed by atoms with Crippen molar-refractivity contribution < 1.29 is 14.3 Å². The summed E-state index contributed by atoms with van der Waals surface area (Å²) < 4.78 is 7.25. The van der Waals surface area contributed by atoms with E-state index >= 15 is 0 Å². The average Bonchev–Trinajstić information content (AvgIpc) is 3.38. The van der Waals surface area contributed by atoms with Crippen molar-refractivity contribution in [1.82, 2.24) is 30.3 Å². The summed E-state index contributed by atoms with van der Waals surface area (Å²) in [6.07, 6.45) is 2.35. The number of aryl methyl sites for hydroxylation is 1. The Morgan fingerprint density at radius 2 is 2.06 bits per heavy atom. The van der Waals surface area contributed by atoms with Crippen molar-refractivity contribution >= 4 is 29.0 Å². The monoisotopic (exact) mass is 436 g/mol. The molecule has 0 spiro atoms. The van der Waals surface area contributed by atoms with Crippen LogP contribution in [0.5, 0.6) is 5.75 Å². The van der Waals surface area contributed by atoms with Crippen LogP contribution in [0.3, 0.4) is 0 Å². The minimum Gasteiger partial charge on any atom is -0.494 e. The molecule has 1 aliphatic heterocycles. The zero-order valence-electron chi connectivity index (χ0n) is 18.3. The molecule has 1 saturated heterocycles. The molecule has 0 radical (unpaired) electrons. The topological polar surface area (TPSA) is 127 Å². The van der Waals surface area contributed by atoms with Gasteiger partial charge in [0.15, 0.2) is 23.1 Å². The minimum absolute atomic E-state index is 0.0150. The third-order valence-corrected chi connectivity index (χ3v) is 5.30. The fourth-order valence-electron chi connectivity index (χ4n) is 3.58. The number of hydrogen-bond donors (Lipinski definition) is 2. The molecule has 1 aliphatic rings. The van der Waals surface area contributed by atoms with Gasteiger partial charge in [0.2, 0.25) is 5.91 Å². The lowest BCUT2D eigenvalue weighted by molar-refractivity contribution is -0.119. The van der Waals surface area contributed by atoms with Gasteiger partial charge in [0.25, 0.3) is 5.91 Å².